The fraction of sp³-hybridized carbons (Fsp3) is 0.143. The summed E-state index contributed by atoms with van der Waals surface area (Å²) >= 11 is 0. The number of carbonyl (C=O) groups is 1. The molecule has 0 atom stereocenters. The zero-order chi connectivity index (χ0) is 8.97. The Bertz CT molecular complexity index is 286. The first-order valence-electron chi connectivity index (χ1n) is 3.43. The lowest BCUT2D eigenvalue weighted by Gasteiger charge is -2.04. The number of hydrazine groups is 1. The van der Waals surface area contributed by atoms with Gasteiger partial charge in [-0.25, -0.2) is 10.8 Å². The van der Waals surface area contributed by atoms with E-state index in [-0.39, 0.29) is 5.91 Å². The molecule has 0 bridgehead atoms. The number of hydrogen-bond acceptors (Lipinski definition) is 4. The number of nitrogens with zero attached hydrogens (tertiary/aromatic N) is 1. The second kappa shape index (κ2) is 3.68. The highest BCUT2D eigenvalue weighted by Gasteiger charge is 2.08. The van der Waals surface area contributed by atoms with E-state index in [9.17, 15) is 4.79 Å². The Kier molecular flexibility index (Phi) is 2.60. The van der Waals surface area contributed by atoms with Crippen molar-refractivity contribution in [2.75, 3.05) is 12.4 Å². The molecule has 0 aliphatic rings. The highest BCUT2D eigenvalue weighted by Crippen LogP contribution is 2.08. The fourth-order valence-corrected chi connectivity index (χ4v) is 0.865. The number of nitrogens with one attached hydrogen (secondary N) is 2. The number of rotatable bonds is 2. The summed E-state index contributed by atoms with van der Waals surface area (Å²) in [7, 11) is 1.69. The molecule has 0 fully saturated rings. The zero-order valence-electron chi connectivity index (χ0n) is 6.66. The van der Waals surface area contributed by atoms with Crippen LogP contribution < -0.4 is 16.6 Å². The van der Waals surface area contributed by atoms with Crippen LogP contribution in [-0.2, 0) is 0 Å². The van der Waals surface area contributed by atoms with Gasteiger partial charge >= 0.3 is 0 Å². The number of nitrogen functional groups attached to an aromatic ring is 1. The number of anilines is 1. The van der Waals surface area contributed by atoms with E-state index in [1.165, 1.54) is 0 Å². The Morgan fingerprint density at radius 2 is 2.42 bits per heavy atom. The molecule has 0 saturated heterocycles. The first-order valence-corrected chi connectivity index (χ1v) is 3.43. The number of nitrogens with two attached hydrogens (primary N) is 1. The minimum atomic E-state index is -0.354. The first-order chi connectivity index (χ1) is 5.79. The molecule has 5 heteroatoms. The van der Waals surface area contributed by atoms with Crippen LogP contribution in [-0.4, -0.2) is 17.9 Å². The molecule has 1 aromatic rings. The van der Waals surface area contributed by atoms with Crippen molar-refractivity contribution < 1.29 is 4.79 Å². The highest BCUT2D eigenvalue weighted by molar-refractivity contribution is 5.98. The van der Waals surface area contributed by atoms with E-state index in [1.54, 1.807) is 25.4 Å². The Hall–Kier alpha value is -1.62. The molecule has 1 rings (SSSR count). The topological polar surface area (TPSA) is 80.0 Å². The molecule has 0 radical (unpaired) electrons. The lowest BCUT2D eigenvalue weighted by atomic mass is 10.2. The van der Waals surface area contributed by atoms with Gasteiger partial charge < -0.3 is 5.32 Å². The summed E-state index contributed by atoms with van der Waals surface area (Å²) in [4.78, 5) is 15.0. The van der Waals surface area contributed by atoms with Gasteiger partial charge in [0, 0.05) is 13.2 Å². The SMILES string of the molecule is CNc1ncccc1C(=O)NN. The van der Waals surface area contributed by atoms with E-state index in [0.29, 0.717) is 11.4 Å². The van der Waals surface area contributed by atoms with E-state index in [4.69, 9.17) is 5.84 Å². The summed E-state index contributed by atoms with van der Waals surface area (Å²) in [5, 5.41) is 2.78. The molecule has 0 spiro atoms. The van der Waals surface area contributed by atoms with Crippen molar-refractivity contribution in [1.29, 1.82) is 0 Å². The maximum absolute atomic E-state index is 11.1. The fourth-order valence-electron chi connectivity index (χ4n) is 0.865. The molecule has 0 unspecified atom stereocenters. The van der Waals surface area contributed by atoms with E-state index in [0.717, 1.165) is 0 Å². The van der Waals surface area contributed by atoms with Gasteiger partial charge in [0.25, 0.3) is 5.91 Å². The smallest absolute Gasteiger partial charge is 0.268 e. The number of hydrogen-bond donors (Lipinski definition) is 3. The minimum absolute atomic E-state index is 0.354. The Balaban J connectivity index is 3.04. The van der Waals surface area contributed by atoms with E-state index < -0.39 is 0 Å². The van der Waals surface area contributed by atoms with E-state index >= 15 is 0 Å². The lowest BCUT2D eigenvalue weighted by molar-refractivity contribution is 0.0954. The van der Waals surface area contributed by atoms with Gasteiger partial charge in [-0.1, -0.05) is 0 Å². The summed E-state index contributed by atoms with van der Waals surface area (Å²) in [5.74, 6) is 5.13. The average molecular weight is 166 g/mol. The third-order valence-electron chi connectivity index (χ3n) is 1.42. The van der Waals surface area contributed by atoms with Crippen molar-refractivity contribution in [2.24, 2.45) is 5.84 Å². The molecule has 5 nitrogen and oxygen atoms in total. The molecule has 1 aromatic heterocycles. The van der Waals surface area contributed by atoms with Crippen LogP contribution in [0.4, 0.5) is 5.82 Å². The van der Waals surface area contributed by atoms with Crippen molar-refractivity contribution in [2.45, 2.75) is 0 Å². The third kappa shape index (κ3) is 1.51. The van der Waals surface area contributed by atoms with Gasteiger partial charge in [0.1, 0.15) is 5.82 Å². The maximum Gasteiger partial charge on any atom is 0.268 e. The Morgan fingerprint density at radius 3 is 3.00 bits per heavy atom. The second-order valence-corrected chi connectivity index (χ2v) is 2.12. The van der Waals surface area contributed by atoms with Crippen molar-refractivity contribution >= 4 is 11.7 Å². The van der Waals surface area contributed by atoms with Crippen molar-refractivity contribution in [3.05, 3.63) is 23.9 Å². The van der Waals surface area contributed by atoms with Crippen LogP contribution >= 0.6 is 0 Å². The molecule has 64 valence electrons. The van der Waals surface area contributed by atoms with Crippen LogP contribution in [0.25, 0.3) is 0 Å². The molecule has 0 aromatic carbocycles. The van der Waals surface area contributed by atoms with Crippen LogP contribution in [0.15, 0.2) is 18.3 Å². The number of aromatic nitrogens is 1. The number of carbonyl (C=O) groups excluding carboxylic acids is 1. The van der Waals surface area contributed by atoms with Gasteiger partial charge in [0.15, 0.2) is 0 Å². The lowest BCUT2D eigenvalue weighted by Crippen LogP contribution is -2.30. The van der Waals surface area contributed by atoms with Crippen LogP contribution in [0.3, 0.4) is 0 Å². The third-order valence-corrected chi connectivity index (χ3v) is 1.42. The summed E-state index contributed by atoms with van der Waals surface area (Å²) in [5.41, 5.74) is 2.47. The van der Waals surface area contributed by atoms with Crippen LogP contribution in [0.1, 0.15) is 10.4 Å². The van der Waals surface area contributed by atoms with Gasteiger partial charge in [-0.05, 0) is 12.1 Å². The quantitative estimate of drug-likeness (QED) is 0.321. The molecule has 1 heterocycles. The van der Waals surface area contributed by atoms with Crippen molar-refractivity contribution in [3.8, 4) is 0 Å². The molecule has 1 amide bonds. The number of pyridine rings is 1. The molecule has 0 saturated carbocycles. The minimum Gasteiger partial charge on any atom is -0.372 e. The largest absolute Gasteiger partial charge is 0.372 e. The summed E-state index contributed by atoms with van der Waals surface area (Å²) in [6, 6.07) is 3.31. The monoisotopic (exact) mass is 166 g/mol. The van der Waals surface area contributed by atoms with Gasteiger partial charge in [-0.3, -0.25) is 10.2 Å². The van der Waals surface area contributed by atoms with E-state index in [2.05, 4.69) is 10.3 Å². The van der Waals surface area contributed by atoms with Gasteiger partial charge in [0.2, 0.25) is 0 Å². The maximum atomic E-state index is 11.1. The Morgan fingerprint density at radius 1 is 1.67 bits per heavy atom. The molecule has 4 N–H and O–H groups in total. The molecular weight excluding hydrogens is 156 g/mol. The van der Waals surface area contributed by atoms with Crippen LogP contribution in [0.2, 0.25) is 0 Å². The normalized spacial score (nSPS) is 9.17. The van der Waals surface area contributed by atoms with Crippen molar-refractivity contribution in [1.82, 2.24) is 10.4 Å². The first kappa shape index (κ1) is 8.48. The summed E-state index contributed by atoms with van der Waals surface area (Å²) < 4.78 is 0. The predicted octanol–water partition coefficient (Wildman–Crippen LogP) is -0.273. The molecule has 0 aliphatic carbocycles. The van der Waals surface area contributed by atoms with Crippen LogP contribution in [0, 0.1) is 0 Å². The van der Waals surface area contributed by atoms with E-state index in [1.807, 2.05) is 5.43 Å². The second-order valence-electron chi connectivity index (χ2n) is 2.12. The average Bonchev–Trinajstić information content (AvgIpc) is 2.16. The standard InChI is InChI=1S/C7H10N4O/c1-9-6-5(7(12)11-8)3-2-4-10-6/h2-4H,8H2,1H3,(H,9,10)(H,11,12). The van der Waals surface area contributed by atoms with Gasteiger partial charge in [-0.15, -0.1) is 0 Å². The molecular formula is C7H10N4O. The predicted molar refractivity (Wildman–Crippen MR) is 45.4 cm³/mol. The summed E-state index contributed by atoms with van der Waals surface area (Å²) in [6.07, 6.45) is 1.60. The van der Waals surface area contributed by atoms with Crippen LogP contribution in [0.5, 0.6) is 0 Å². The zero-order valence-corrected chi connectivity index (χ0v) is 6.66. The molecule has 0 aliphatic heterocycles. The molecule has 12 heavy (non-hydrogen) atoms. The highest BCUT2D eigenvalue weighted by atomic mass is 16.2. The Labute approximate surface area is 70.0 Å². The van der Waals surface area contributed by atoms with Crippen molar-refractivity contribution in [3.63, 3.8) is 0 Å². The van der Waals surface area contributed by atoms with Gasteiger partial charge in [-0.2, -0.15) is 0 Å². The van der Waals surface area contributed by atoms with Gasteiger partial charge in [0.05, 0.1) is 5.56 Å². The number of amides is 1. The summed E-state index contributed by atoms with van der Waals surface area (Å²) in [6.45, 7) is 0.